The molecule has 3 aliphatic rings. The van der Waals surface area contributed by atoms with Crippen LogP contribution in [0.25, 0.3) is 0 Å². The molecule has 1 saturated carbocycles. The molecule has 0 radical (unpaired) electrons. The van der Waals surface area contributed by atoms with Crippen LogP contribution in [0.5, 0.6) is 0 Å². The number of nitrogens with two attached hydrogens (primary N) is 1. The number of nitrogens with zero attached hydrogens (tertiary/aromatic N) is 2. The van der Waals surface area contributed by atoms with Gasteiger partial charge in [-0.05, 0) is 31.7 Å². The van der Waals surface area contributed by atoms with E-state index in [0.29, 0.717) is 6.04 Å². The molecular formula is C20H26FN3O2. The molecule has 0 bridgehead atoms. The van der Waals surface area contributed by atoms with E-state index in [-0.39, 0.29) is 22.7 Å². The van der Waals surface area contributed by atoms with E-state index in [4.69, 9.17) is 5.73 Å². The molecule has 6 heteroatoms. The summed E-state index contributed by atoms with van der Waals surface area (Å²) < 4.78 is 15.1. The third-order valence-corrected chi connectivity index (χ3v) is 6.29. The van der Waals surface area contributed by atoms with Gasteiger partial charge in [-0.25, -0.2) is 4.39 Å². The highest BCUT2D eigenvalue weighted by molar-refractivity contribution is 6.09. The number of rotatable bonds is 3. The summed E-state index contributed by atoms with van der Waals surface area (Å²) in [7, 11) is 0. The van der Waals surface area contributed by atoms with Crippen LogP contribution < -0.4 is 5.73 Å². The maximum atomic E-state index is 15.1. The van der Waals surface area contributed by atoms with Gasteiger partial charge in [-0.3, -0.25) is 9.59 Å². The number of halogens is 1. The number of hydrogen-bond acceptors (Lipinski definition) is 3. The van der Waals surface area contributed by atoms with E-state index in [2.05, 4.69) is 4.90 Å². The zero-order chi connectivity index (χ0) is 18.3. The lowest BCUT2D eigenvalue weighted by Crippen LogP contribution is -2.49. The second kappa shape index (κ2) is 6.99. The van der Waals surface area contributed by atoms with Crippen LogP contribution in [-0.2, 0) is 0 Å². The summed E-state index contributed by atoms with van der Waals surface area (Å²) in [5.41, 5.74) is 5.94. The average molecular weight is 359 g/mol. The first-order valence-electron chi connectivity index (χ1n) is 9.71. The van der Waals surface area contributed by atoms with E-state index in [0.717, 1.165) is 25.9 Å². The maximum absolute atomic E-state index is 15.1. The number of piperidine rings is 1. The summed E-state index contributed by atoms with van der Waals surface area (Å²) in [4.78, 5) is 28.4. The van der Waals surface area contributed by atoms with E-state index < -0.39 is 18.1 Å². The zero-order valence-corrected chi connectivity index (χ0v) is 15.0. The zero-order valence-electron chi connectivity index (χ0n) is 15.0. The average Bonchev–Trinajstić information content (AvgIpc) is 2.93. The predicted octanol–water partition coefficient (Wildman–Crippen LogP) is 3.01. The Labute approximate surface area is 153 Å². The summed E-state index contributed by atoms with van der Waals surface area (Å²) in [5, 5.41) is 0. The Hall–Kier alpha value is -1.95. The minimum atomic E-state index is -1.48. The van der Waals surface area contributed by atoms with Crippen molar-refractivity contribution in [3.05, 3.63) is 34.9 Å². The van der Waals surface area contributed by atoms with E-state index in [1.165, 1.54) is 43.1 Å². The molecule has 0 aromatic heterocycles. The fraction of sp³-hybridized carbons (Fsp3) is 0.600. The second-order valence-electron chi connectivity index (χ2n) is 7.74. The van der Waals surface area contributed by atoms with Crippen molar-refractivity contribution in [1.82, 2.24) is 9.80 Å². The normalized spacial score (nSPS) is 25.5. The van der Waals surface area contributed by atoms with Gasteiger partial charge in [0.15, 0.2) is 0 Å². The highest BCUT2D eigenvalue weighted by Crippen LogP contribution is 2.40. The Morgan fingerprint density at radius 2 is 1.73 bits per heavy atom. The maximum Gasteiger partial charge on any atom is 0.257 e. The number of hydrogen-bond donors (Lipinski definition) is 1. The minimum absolute atomic E-state index is 0.120. The Morgan fingerprint density at radius 3 is 2.38 bits per heavy atom. The van der Waals surface area contributed by atoms with Gasteiger partial charge in [0, 0.05) is 30.7 Å². The first-order valence-corrected chi connectivity index (χ1v) is 9.71. The summed E-state index contributed by atoms with van der Waals surface area (Å²) in [6.45, 7) is 1.82. The molecule has 140 valence electrons. The Balaban J connectivity index is 1.48. The van der Waals surface area contributed by atoms with Crippen LogP contribution in [0.1, 0.15) is 77.5 Å². The molecule has 1 atom stereocenters. The molecule has 1 saturated heterocycles. The van der Waals surface area contributed by atoms with Gasteiger partial charge in [-0.15, -0.1) is 0 Å². The van der Waals surface area contributed by atoms with Gasteiger partial charge in [0.05, 0.1) is 11.1 Å². The third kappa shape index (κ3) is 2.90. The number of amides is 2. The highest BCUT2D eigenvalue weighted by Gasteiger charge is 2.44. The Bertz CT molecular complexity index is 709. The van der Waals surface area contributed by atoms with Crippen molar-refractivity contribution in [2.75, 3.05) is 13.1 Å². The van der Waals surface area contributed by atoms with E-state index in [1.807, 2.05) is 0 Å². The van der Waals surface area contributed by atoms with Crippen LogP contribution in [0, 0.1) is 0 Å². The lowest BCUT2D eigenvalue weighted by molar-refractivity contribution is 0.0142. The van der Waals surface area contributed by atoms with Crippen LogP contribution in [0.3, 0.4) is 0 Å². The van der Waals surface area contributed by atoms with Crippen LogP contribution in [0.4, 0.5) is 4.39 Å². The summed E-state index contributed by atoms with van der Waals surface area (Å²) >= 11 is 0. The molecule has 5 nitrogen and oxygen atoms in total. The lowest BCUT2D eigenvalue weighted by atomic mass is 9.92. The van der Waals surface area contributed by atoms with Crippen molar-refractivity contribution >= 4 is 11.8 Å². The van der Waals surface area contributed by atoms with Crippen molar-refractivity contribution in [3.63, 3.8) is 0 Å². The number of alkyl halides is 1. The first-order chi connectivity index (χ1) is 12.6. The summed E-state index contributed by atoms with van der Waals surface area (Å²) in [6.07, 6.45) is 6.52. The minimum Gasteiger partial charge on any atom is -0.366 e. The van der Waals surface area contributed by atoms with Crippen LogP contribution in [0.2, 0.25) is 0 Å². The fourth-order valence-corrected chi connectivity index (χ4v) is 4.92. The number of primary amides is 1. The van der Waals surface area contributed by atoms with E-state index in [1.54, 1.807) is 12.1 Å². The van der Waals surface area contributed by atoms with Gasteiger partial charge in [0.25, 0.3) is 5.91 Å². The predicted molar refractivity (Wildman–Crippen MR) is 96.4 cm³/mol. The SMILES string of the molecule is NC(=O)c1cccc2c1C(=O)N(C1CCN(C3CCCCC3)CC1)C2F. The molecule has 2 aliphatic heterocycles. The standard InChI is InChI=1S/C20H26FN3O2/c21-18-15-7-4-8-16(19(22)25)17(15)20(26)24(18)14-9-11-23(12-10-14)13-5-2-1-3-6-13/h4,7-8,13-14,18H,1-3,5-6,9-12H2,(H2,22,25). The van der Waals surface area contributed by atoms with Gasteiger partial charge >= 0.3 is 0 Å². The Kier molecular flexibility index (Phi) is 4.69. The van der Waals surface area contributed by atoms with Crippen molar-refractivity contribution in [3.8, 4) is 0 Å². The number of likely N-dealkylation sites (tertiary alicyclic amines) is 1. The van der Waals surface area contributed by atoms with Gasteiger partial charge in [-0.2, -0.15) is 0 Å². The quantitative estimate of drug-likeness (QED) is 0.844. The molecule has 1 aromatic rings. The molecule has 1 unspecified atom stereocenters. The third-order valence-electron chi connectivity index (χ3n) is 6.29. The number of carbonyl (C=O) groups excluding carboxylic acids is 2. The summed E-state index contributed by atoms with van der Waals surface area (Å²) in [5.74, 6) is -1.07. The molecule has 2 N–H and O–H groups in total. The van der Waals surface area contributed by atoms with Gasteiger partial charge in [0.2, 0.25) is 12.2 Å². The number of benzene rings is 1. The number of fused-ring (bicyclic) bond motifs is 1. The molecule has 1 aromatic carbocycles. The van der Waals surface area contributed by atoms with Crippen LogP contribution in [0.15, 0.2) is 18.2 Å². The highest BCUT2D eigenvalue weighted by atomic mass is 19.1. The smallest absolute Gasteiger partial charge is 0.257 e. The molecule has 2 fully saturated rings. The van der Waals surface area contributed by atoms with Crippen molar-refractivity contribution < 1.29 is 14.0 Å². The first kappa shape index (κ1) is 17.5. The largest absolute Gasteiger partial charge is 0.366 e. The Morgan fingerprint density at radius 1 is 1.04 bits per heavy atom. The van der Waals surface area contributed by atoms with Crippen molar-refractivity contribution in [1.29, 1.82) is 0 Å². The monoisotopic (exact) mass is 359 g/mol. The van der Waals surface area contributed by atoms with Gasteiger partial charge < -0.3 is 15.5 Å². The molecule has 2 amide bonds. The van der Waals surface area contributed by atoms with Crippen molar-refractivity contribution in [2.45, 2.75) is 63.3 Å². The second-order valence-corrected chi connectivity index (χ2v) is 7.74. The summed E-state index contributed by atoms with van der Waals surface area (Å²) in [6, 6.07) is 5.21. The molecule has 4 rings (SSSR count). The van der Waals surface area contributed by atoms with Crippen molar-refractivity contribution in [2.24, 2.45) is 5.73 Å². The molecule has 26 heavy (non-hydrogen) atoms. The molecule has 1 aliphatic carbocycles. The van der Waals surface area contributed by atoms with Gasteiger partial charge in [0.1, 0.15) is 0 Å². The number of carbonyl (C=O) groups is 2. The molecule has 0 spiro atoms. The van der Waals surface area contributed by atoms with Gasteiger partial charge in [-0.1, -0.05) is 31.4 Å². The van der Waals surface area contributed by atoms with E-state index in [9.17, 15) is 9.59 Å². The lowest BCUT2D eigenvalue weighted by Gasteiger charge is -2.42. The topological polar surface area (TPSA) is 66.6 Å². The van der Waals surface area contributed by atoms with Crippen LogP contribution in [-0.4, -0.2) is 46.8 Å². The van der Waals surface area contributed by atoms with E-state index >= 15 is 4.39 Å². The molecular weight excluding hydrogens is 333 g/mol. The molecule has 2 heterocycles. The fourth-order valence-electron chi connectivity index (χ4n) is 4.92. The van der Waals surface area contributed by atoms with Crippen LogP contribution >= 0.6 is 0 Å².